The molecule has 0 saturated carbocycles. The molecular formula is C16H15BrO2. The number of aryl methyl sites for hydroxylation is 1. The molecule has 19 heavy (non-hydrogen) atoms. The smallest absolute Gasteiger partial charge is 0.231 e. The fourth-order valence-corrected chi connectivity index (χ4v) is 2.77. The van der Waals surface area contributed by atoms with Gasteiger partial charge in [-0.1, -0.05) is 47.1 Å². The van der Waals surface area contributed by atoms with Gasteiger partial charge < -0.3 is 9.47 Å². The van der Waals surface area contributed by atoms with Crippen LogP contribution in [0.2, 0.25) is 0 Å². The van der Waals surface area contributed by atoms with Crippen molar-refractivity contribution in [3.05, 3.63) is 57.6 Å². The summed E-state index contributed by atoms with van der Waals surface area (Å²) in [5.41, 5.74) is 3.81. The maximum Gasteiger partial charge on any atom is 0.231 e. The predicted molar refractivity (Wildman–Crippen MR) is 78.9 cm³/mol. The summed E-state index contributed by atoms with van der Waals surface area (Å²) >= 11 is 3.52. The number of hydrogen-bond donors (Lipinski definition) is 0. The van der Waals surface area contributed by atoms with Gasteiger partial charge in [0.1, 0.15) is 0 Å². The molecule has 1 heterocycles. The summed E-state index contributed by atoms with van der Waals surface area (Å²) < 4.78 is 12.0. The van der Waals surface area contributed by atoms with Gasteiger partial charge >= 0.3 is 0 Å². The molecule has 0 bridgehead atoms. The lowest BCUT2D eigenvalue weighted by molar-refractivity contribution is 0.173. The second-order valence-corrected chi connectivity index (χ2v) is 5.56. The normalized spacial score (nSPS) is 12.7. The highest BCUT2D eigenvalue weighted by molar-refractivity contribution is 9.10. The minimum atomic E-state index is 0.313. The maximum atomic E-state index is 5.56. The number of hydrogen-bond acceptors (Lipinski definition) is 2. The fraction of sp³-hybridized carbons (Fsp3) is 0.250. The van der Waals surface area contributed by atoms with Crippen LogP contribution in [0.4, 0.5) is 0 Å². The van der Waals surface area contributed by atoms with E-state index in [0.29, 0.717) is 6.79 Å². The van der Waals surface area contributed by atoms with Crippen LogP contribution in [-0.4, -0.2) is 6.79 Å². The van der Waals surface area contributed by atoms with E-state index in [1.165, 1.54) is 11.1 Å². The first-order valence-corrected chi connectivity index (χ1v) is 7.21. The third kappa shape index (κ3) is 2.61. The van der Waals surface area contributed by atoms with Crippen LogP contribution in [0.5, 0.6) is 11.5 Å². The Kier molecular flexibility index (Phi) is 3.47. The van der Waals surface area contributed by atoms with Crippen LogP contribution in [0.3, 0.4) is 0 Å². The van der Waals surface area contributed by atoms with Crippen LogP contribution in [0.15, 0.2) is 40.9 Å². The molecule has 1 aliphatic rings. The molecule has 0 radical (unpaired) electrons. The quantitative estimate of drug-likeness (QED) is 0.838. The first-order chi connectivity index (χ1) is 9.26. The molecule has 3 heteroatoms. The Morgan fingerprint density at radius 1 is 1.05 bits per heavy atom. The summed E-state index contributed by atoms with van der Waals surface area (Å²) in [6, 6.07) is 12.8. The number of fused-ring (bicyclic) bond motifs is 1. The molecular weight excluding hydrogens is 304 g/mol. The zero-order valence-electron chi connectivity index (χ0n) is 10.8. The molecule has 3 rings (SSSR count). The summed E-state index contributed by atoms with van der Waals surface area (Å²) in [5, 5.41) is 0. The highest BCUT2D eigenvalue weighted by atomic mass is 79.9. The van der Waals surface area contributed by atoms with E-state index in [1.807, 2.05) is 6.07 Å². The van der Waals surface area contributed by atoms with E-state index < -0.39 is 0 Å². The third-order valence-electron chi connectivity index (χ3n) is 3.34. The average molecular weight is 319 g/mol. The molecule has 2 nitrogen and oxygen atoms in total. The SMILES string of the molecule is CCc1ccc(Cc2cc(Br)cc3c2OCO3)cc1. The predicted octanol–water partition coefficient (Wildman–Crippen LogP) is 4.33. The van der Waals surface area contributed by atoms with Gasteiger partial charge in [0.05, 0.1) is 0 Å². The molecule has 2 aromatic rings. The summed E-state index contributed by atoms with van der Waals surface area (Å²) in [7, 11) is 0. The number of benzene rings is 2. The average Bonchev–Trinajstić information content (AvgIpc) is 2.88. The number of ether oxygens (including phenoxy) is 2. The minimum absolute atomic E-state index is 0.313. The highest BCUT2D eigenvalue weighted by Crippen LogP contribution is 2.39. The van der Waals surface area contributed by atoms with Gasteiger partial charge in [-0.25, -0.2) is 0 Å². The molecule has 0 aliphatic carbocycles. The van der Waals surface area contributed by atoms with Gasteiger partial charge in [0, 0.05) is 16.5 Å². The van der Waals surface area contributed by atoms with E-state index in [2.05, 4.69) is 53.2 Å². The fourth-order valence-electron chi connectivity index (χ4n) is 2.29. The molecule has 0 saturated heterocycles. The first kappa shape index (κ1) is 12.5. The van der Waals surface area contributed by atoms with Gasteiger partial charge in [-0.2, -0.15) is 0 Å². The van der Waals surface area contributed by atoms with Crippen molar-refractivity contribution in [2.75, 3.05) is 6.79 Å². The maximum absolute atomic E-state index is 5.56. The van der Waals surface area contributed by atoms with E-state index in [-0.39, 0.29) is 0 Å². The van der Waals surface area contributed by atoms with Crippen molar-refractivity contribution in [3.8, 4) is 11.5 Å². The van der Waals surface area contributed by atoms with Crippen molar-refractivity contribution < 1.29 is 9.47 Å². The van der Waals surface area contributed by atoms with E-state index >= 15 is 0 Å². The third-order valence-corrected chi connectivity index (χ3v) is 3.80. The molecule has 0 aromatic heterocycles. The lowest BCUT2D eigenvalue weighted by Crippen LogP contribution is -1.95. The highest BCUT2D eigenvalue weighted by Gasteiger charge is 2.18. The monoisotopic (exact) mass is 318 g/mol. The van der Waals surface area contributed by atoms with E-state index in [0.717, 1.165) is 34.4 Å². The summed E-state index contributed by atoms with van der Waals surface area (Å²) in [4.78, 5) is 0. The van der Waals surface area contributed by atoms with E-state index in [1.54, 1.807) is 0 Å². The summed E-state index contributed by atoms with van der Waals surface area (Å²) in [6.45, 7) is 2.48. The van der Waals surface area contributed by atoms with Gasteiger partial charge in [-0.3, -0.25) is 0 Å². The summed E-state index contributed by atoms with van der Waals surface area (Å²) in [5.74, 6) is 1.71. The Balaban J connectivity index is 1.90. The molecule has 0 fully saturated rings. The summed E-state index contributed by atoms with van der Waals surface area (Å²) in [6.07, 6.45) is 1.93. The van der Waals surface area contributed by atoms with Crippen LogP contribution >= 0.6 is 15.9 Å². The lowest BCUT2D eigenvalue weighted by atomic mass is 10.0. The Morgan fingerprint density at radius 3 is 2.53 bits per heavy atom. The number of halogens is 1. The van der Waals surface area contributed by atoms with Gasteiger partial charge in [0.15, 0.2) is 11.5 Å². The van der Waals surface area contributed by atoms with Crippen LogP contribution in [0.1, 0.15) is 23.6 Å². The van der Waals surface area contributed by atoms with Crippen LogP contribution < -0.4 is 9.47 Å². The number of rotatable bonds is 3. The standard InChI is InChI=1S/C16H15BrO2/c1-2-11-3-5-12(6-4-11)7-13-8-14(17)9-15-16(13)19-10-18-15/h3-6,8-9H,2,7,10H2,1H3. The molecule has 1 aliphatic heterocycles. The van der Waals surface area contributed by atoms with Gasteiger partial charge in [-0.15, -0.1) is 0 Å². The molecule has 0 amide bonds. The lowest BCUT2D eigenvalue weighted by Gasteiger charge is -2.08. The van der Waals surface area contributed by atoms with Crippen molar-refractivity contribution in [2.45, 2.75) is 19.8 Å². The van der Waals surface area contributed by atoms with Crippen molar-refractivity contribution in [1.82, 2.24) is 0 Å². The Hall–Kier alpha value is -1.48. The van der Waals surface area contributed by atoms with Crippen molar-refractivity contribution in [3.63, 3.8) is 0 Å². The molecule has 98 valence electrons. The zero-order valence-corrected chi connectivity index (χ0v) is 12.4. The first-order valence-electron chi connectivity index (χ1n) is 6.42. The van der Waals surface area contributed by atoms with Crippen LogP contribution in [-0.2, 0) is 12.8 Å². The van der Waals surface area contributed by atoms with Gasteiger partial charge in [0.2, 0.25) is 6.79 Å². The largest absolute Gasteiger partial charge is 0.454 e. The Bertz CT molecular complexity index is 590. The van der Waals surface area contributed by atoms with Crippen LogP contribution in [0.25, 0.3) is 0 Å². The minimum Gasteiger partial charge on any atom is -0.454 e. The second-order valence-electron chi connectivity index (χ2n) is 4.65. The zero-order chi connectivity index (χ0) is 13.2. The van der Waals surface area contributed by atoms with E-state index in [4.69, 9.17) is 9.47 Å². The molecule has 0 spiro atoms. The molecule has 0 atom stereocenters. The van der Waals surface area contributed by atoms with Crippen molar-refractivity contribution in [1.29, 1.82) is 0 Å². The van der Waals surface area contributed by atoms with Crippen molar-refractivity contribution in [2.24, 2.45) is 0 Å². The van der Waals surface area contributed by atoms with Gasteiger partial charge in [0.25, 0.3) is 0 Å². The van der Waals surface area contributed by atoms with Crippen molar-refractivity contribution >= 4 is 15.9 Å². The Morgan fingerprint density at radius 2 is 1.79 bits per heavy atom. The second kappa shape index (κ2) is 5.25. The van der Waals surface area contributed by atoms with Gasteiger partial charge in [-0.05, 0) is 29.7 Å². The molecule has 2 aromatic carbocycles. The Labute approximate surface area is 121 Å². The molecule has 0 N–H and O–H groups in total. The topological polar surface area (TPSA) is 18.5 Å². The van der Waals surface area contributed by atoms with E-state index in [9.17, 15) is 0 Å². The molecule has 0 unspecified atom stereocenters. The van der Waals surface area contributed by atoms with Crippen LogP contribution in [0, 0.1) is 0 Å².